The van der Waals surface area contributed by atoms with Gasteiger partial charge in [0.05, 0.1) is 5.71 Å². The number of imidazole rings is 1. The normalized spacial score (nSPS) is 18.3. The molecule has 156 valence electrons. The van der Waals surface area contributed by atoms with Crippen LogP contribution < -0.4 is 16.6 Å². The Morgan fingerprint density at radius 3 is 2.70 bits per heavy atom. The molecule has 10 nitrogen and oxygen atoms in total. The third-order valence-corrected chi connectivity index (χ3v) is 5.24. The van der Waals surface area contributed by atoms with Crippen LogP contribution in [0.1, 0.15) is 24.7 Å². The number of benzene rings is 1. The van der Waals surface area contributed by atoms with Crippen LogP contribution in [0.3, 0.4) is 0 Å². The second-order valence-electron chi connectivity index (χ2n) is 7.50. The van der Waals surface area contributed by atoms with Crippen molar-refractivity contribution in [1.82, 2.24) is 24.4 Å². The number of rotatable bonds is 5. The molecule has 1 atom stereocenters. The van der Waals surface area contributed by atoms with E-state index in [0.29, 0.717) is 18.7 Å². The van der Waals surface area contributed by atoms with Crippen LogP contribution in [0.25, 0.3) is 11.2 Å². The zero-order valence-electron chi connectivity index (χ0n) is 16.9. The zero-order chi connectivity index (χ0) is 21.5. The summed E-state index contributed by atoms with van der Waals surface area (Å²) in [6.45, 7) is 1.98. The van der Waals surface area contributed by atoms with Crippen LogP contribution in [0.15, 0.2) is 45.1 Å². The maximum absolute atomic E-state index is 12.7. The lowest BCUT2D eigenvalue weighted by Crippen LogP contribution is -2.45. The standard InChI is InChI=1S/C20H22N6O4/c1-20(11-13(24-30-20)12-7-5-4-6-8-12)18(28)21-10-9-14-22-15-16(23-14)25(2)19(29)26(3)17(15)27/h4-8H,9-11H2,1-3H3,(H,21,28)(H,22,23). The molecule has 30 heavy (non-hydrogen) atoms. The van der Waals surface area contributed by atoms with Gasteiger partial charge in [-0.3, -0.25) is 18.7 Å². The van der Waals surface area contributed by atoms with E-state index in [4.69, 9.17) is 4.84 Å². The number of carbonyl (C=O) groups excluding carboxylic acids is 1. The Hall–Kier alpha value is -3.69. The van der Waals surface area contributed by atoms with Gasteiger partial charge >= 0.3 is 5.69 Å². The first-order valence-electron chi connectivity index (χ1n) is 9.53. The number of aryl methyl sites for hydroxylation is 1. The Morgan fingerprint density at radius 2 is 1.97 bits per heavy atom. The minimum Gasteiger partial charge on any atom is -0.379 e. The summed E-state index contributed by atoms with van der Waals surface area (Å²) < 4.78 is 2.33. The molecule has 1 unspecified atom stereocenters. The van der Waals surface area contributed by atoms with Crippen molar-refractivity contribution < 1.29 is 9.63 Å². The maximum atomic E-state index is 12.7. The molecule has 3 aromatic rings. The fourth-order valence-corrected chi connectivity index (χ4v) is 3.42. The number of oxime groups is 1. The quantitative estimate of drug-likeness (QED) is 0.622. The largest absolute Gasteiger partial charge is 0.379 e. The molecule has 4 rings (SSSR count). The molecule has 10 heteroatoms. The molecule has 0 spiro atoms. The van der Waals surface area contributed by atoms with E-state index in [0.717, 1.165) is 15.8 Å². The number of carbonyl (C=O) groups is 1. The SMILES string of the molecule is Cn1c(=O)c2[nH]c(CCNC(=O)C3(C)CC(c4ccccc4)=NO3)nc2n(C)c1=O. The lowest BCUT2D eigenvalue weighted by molar-refractivity contribution is -0.141. The average molecular weight is 410 g/mol. The van der Waals surface area contributed by atoms with E-state index in [1.165, 1.54) is 11.6 Å². The lowest BCUT2D eigenvalue weighted by atomic mass is 9.95. The van der Waals surface area contributed by atoms with Crippen LogP contribution in [-0.2, 0) is 30.1 Å². The molecule has 1 aliphatic heterocycles. The zero-order valence-corrected chi connectivity index (χ0v) is 16.9. The number of amides is 1. The highest BCUT2D eigenvalue weighted by atomic mass is 16.7. The molecular formula is C20H22N6O4. The van der Waals surface area contributed by atoms with Gasteiger partial charge in [-0.2, -0.15) is 0 Å². The number of nitrogens with zero attached hydrogens (tertiary/aromatic N) is 4. The van der Waals surface area contributed by atoms with Gasteiger partial charge in [-0.15, -0.1) is 0 Å². The van der Waals surface area contributed by atoms with E-state index in [2.05, 4.69) is 20.4 Å². The van der Waals surface area contributed by atoms with Crippen molar-refractivity contribution in [3.8, 4) is 0 Å². The topological polar surface area (TPSA) is 123 Å². The summed E-state index contributed by atoms with van der Waals surface area (Å²) in [6.07, 6.45) is 0.728. The maximum Gasteiger partial charge on any atom is 0.332 e. The molecule has 1 aliphatic rings. The first kappa shape index (κ1) is 19.6. The molecule has 0 bridgehead atoms. The number of aromatic nitrogens is 4. The Bertz CT molecular complexity index is 1270. The van der Waals surface area contributed by atoms with E-state index in [1.54, 1.807) is 14.0 Å². The summed E-state index contributed by atoms with van der Waals surface area (Å²) in [5, 5.41) is 6.91. The number of nitrogens with one attached hydrogen (secondary N) is 2. The number of aromatic amines is 1. The Labute approximate surface area is 171 Å². The lowest BCUT2D eigenvalue weighted by Gasteiger charge is -2.20. The van der Waals surface area contributed by atoms with Crippen LogP contribution in [0.5, 0.6) is 0 Å². The third-order valence-electron chi connectivity index (χ3n) is 5.24. The predicted molar refractivity (Wildman–Crippen MR) is 110 cm³/mol. The van der Waals surface area contributed by atoms with E-state index in [9.17, 15) is 14.4 Å². The van der Waals surface area contributed by atoms with Crippen molar-refractivity contribution in [2.24, 2.45) is 19.3 Å². The van der Waals surface area contributed by atoms with Crippen molar-refractivity contribution in [3.63, 3.8) is 0 Å². The Balaban J connectivity index is 1.41. The molecule has 0 saturated carbocycles. The second-order valence-corrected chi connectivity index (χ2v) is 7.50. The van der Waals surface area contributed by atoms with E-state index >= 15 is 0 Å². The van der Waals surface area contributed by atoms with E-state index < -0.39 is 16.9 Å². The van der Waals surface area contributed by atoms with Gasteiger partial charge in [-0.1, -0.05) is 35.5 Å². The van der Waals surface area contributed by atoms with Gasteiger partial charge in [-0.25, -0.2) is 9.78 Å². The van der Waals surface area contributed by atoms with Crippen molar-refractivity contribution >= 4 is 22.8 Å². The molecular weight excluding hydrogens is 388 g/mol. The van der Waals surface area contributed by atoms with Crippen LogP contribution in [0.4, 0.5) is 0 Å². The monoisotopic (exact) mass is 410 g/mol. The van der Waals surface area contributed by atoms with Crippen molar-refractivity contribution in [2.75, 3.05) is 6.54 Å². The molecule has 0 radical (unpaired) electrons. The minimum atomic E-state index is -1.08. The number of hydrogen-bond acceptors (Lipinski definition) is 6. The molecule has 0 saturated heterocycles. The van der Waals surface area contributed by atoms with Gasteiger partial charge in [0, 0.05) is 33.5 Å². The first-order chi connectivity index (χ1) is 14.3. The van der Waals surface area contributed by atoms with Crippen LogP contribution in [0, 0.1) is 0 Å². The fourth-order valence-electron chi connectivity index (χ4n) is 3.42. The second kappa shape index (κ2) is 7.29. The predicted octanol–water partition coefficient (Wildman–Crippen LogP) is 0.202. The van der Waals surface area contributed by atoms with Gasteiger partial charge in [0.2, 0.25) is 5.60 Å². The minimum absolute atomic E-state index is 0.257. The molecule has 1 aromatic carbocycles. The molecule has 3 heterocycles. The molecule has 1 amide bonds. The number of hydrogen-bond donors (Lipinski definition) is 2. The molecule has 2 aromatic heterocycles. The van der Waals surface area contributed by atoms with Crippen LogP contribution in [0.2, 0.25) is 0 Å². The highest BCUT2D eigenvalue weighted by Gasteiger charge is 2.42. The highest BCUT2D eigenvalue weighted by Crippen LogP contribution is 2.26. The summed E-state index contributed by atoms with van der Waals surface area (Å²) in [5.74, 6) is 0.221. The molecule has 0 aliphatic carbocycles. The highest BCUT2D eigenvalue weighted by molar-refractivity contribution is 6.05. The van der Waals surface area contributed by atoms with Crippen molar-refractivity contribution in [3.05, 3.63) is 62.6 Å². The molecule has 2 N–H and O–H groups in total. The van der Waals surface area contributed by atoms with Crippen molar-refractivity contribution in [2.45, 2.75) is 25.4 Å². The van der Waals surface area contributed by atoms with Crippen LogP contribution >= 0.6 is 0 Å². The van der Waals surface area contributed by atoms with E-state index in [-0.39, 0.29) is 23.6 Å². The summed E-state index contributed by atoms with van der Waals surface area (Å²) >= 11 is 0. The Morgan fingerprint density at radius 1 is 1.23 bits per heavy atom. The van der Waals surface area contributed by atoms with Gasteiger partial charge in [0.15, 0.2) is 5.65 Å². The van der Waals surface area contributed by atoms with E-state index in [1.807, 2.05) is 30.3 Å². The number of H-pyrrole nitrogens is 1. The summed E-state index contributed by atoms with van der Waals surface area (Å²) in [6, 6.07) is 9.57. The summed E-state index contributed by atoms with van der Waals surface area (Å²) in [7, 11) is 2.97. The average Bonchev–Trinajstić information content (AvgIpc) is 3.36. The van der Waals surface area contributed by atoms with Gasteiger partial charge in [0.25, 0.3) is 11.5 Å². The fraction of sp³-hybridized carbons (Fsp3) is 0.350. The Kier molecular flexibility index (Phi) is 4.76. The van der Waals surface area contributed by atoms with Crippen LogP contribution in [-0.4, -0.2) is 42.9 Å². The smallest absolute Gasteiger partial charge is 0.332 e. The first-order valence-corrected chi connectivity index (χ1v) is 9.53. The van der Waals surface area contributed by atoms with Gasteiger partial charge in [-0.05, 0) is 12.5 Å². The summed E-state index contributed by atoms with van der Waals surface area (Å²) in [5.41, 5.74) is 0.224. The third kappa shape index (κ3) is 3.30. The number of fused-ring (bicyclic) bond motifs is 1. The van der Waals surface area contributed by atoms with Gasteiger partial charge in [0.1, 0.15) is 11.3 Å². The summed E-state index contributed by atoms with van der Waals surface area (Å²) in [4.78, 5) is 49.6. The van der Waals surface area contributed by atoms with Crippen molar-refractivity contribution in [1.29, 1.82) is 0 Å². The molecule has 0 fully saturated rings. The van der Waals surface area contributed by atoms with Gasteiger partial charge < -0.3 is 15.1 Å².